The van der Waals surface area contributed by atoms with Gasteiger partial charge < -0.3 is 24.8 Å². The van der Waals surface area contributed by atoms with E-state index >= 15 is 0 Å². The lowest BCUT2D eigenvalue weighted by molar-refractivity contribution is -0.383. The number of nitro benzene ring substituents is 1. The van der Waals surface area contributed by atoms with Crippen LogP contribution in [0.5, 0.6) is 0 Å². The first-order valence-electron chi connectivity index (χ1n) is 11.6. The molecule has 36 heavy (non-hydrogen) atoms. The Labute approximate surface area is 215 Å². The summed E-state index contributed by atoms with van der Waals surface area (Å²) in [5.74, 6) is -0.461. The number of rotatable bonds is 6. The third-order valence-electron chi connectivity index (χ3n) is 5.50. The lowest BCUT2D eigenvalue weighted by Gasteiger charge is -2.37. The zero-order chi connectivity index (χ0) is 26.6. The van der Waals surface area contributed by atoms with Gasteiger partial charge in [0.25, 0.3) is 11.6 Å². The molecule has 0 unspecified atom stereocenters. The predicted molar refractivity (Wildman–Crippen MR) is 140 cm³/mol. The second-order valence-corrected chi connectivity index (χ2v) is 10.3. The summed E-state index contributed by atoms with van der Waals surface area (Å²) in [5, 5.41) is 14.5. The Morgan fingerprint density at radius 3 is 2.25 bits per heavy atom. The number of amides is 2. The maximum absolute atomic E-state index is 12.9. The molecule has 11 heteroatoms. The molecule has 0 saturated carbocycles. The Hall–Kier alpha value is -3.37. The topological polar surface area (TPSA) is 108 Å². The number of halogens is 1. The quantitative estimate of drug-likeness (QED) is 0.440. The molecule has 1 fully saturated rings. The molecule has 1 aliphatic heterocycles. The van der Waals surface area contributed by atoms with Crippen LogP contribution in [0.3, 0.4) is 0 Å². The molecule has 0 bridgehead atoms. The summed E-state index contributed by atoms with van der Waals surface area (Å²) in [6.45, 7) is 7.89. The monoisotopic (exact) mass is 517 g/mol. The first-order chi connectivity index (χ1) is 16.8. The lowest BCUT2D eigenvalue weighted by atomic mass is 10.1. The van der Waals surface area contributed by atoms with Crippen molar-refractivity contribution in [1.82, 2.24) is 9.80 Å². The fourth-order valence-corrected chi connectivity index (χ4v) is 4.10. The van der Waals surface area contributed by atoms with E-state index in [-0.39, 0.29) is 22.5 Å². The maximum Gasteiger partial charge on any atom is 0.410 e. The number of ether oxygens (including phenoxy) is 1. The van der Waals surface area contributed by atoms with Crippen LogP contribution < -0.4 is 10.2 Å². The van der Waals surface area contributed by atoms with E-state index in [1.165, 1.54) is 12.1 Å². The summed E-state index contributed by atoms with van der Waals surface area (Å²) in [6, 6.07) is 9.83. The summed E-state index contributed by atoms with van der Waals surface area (Å²) in [4.78, 5) is 41.9. The molecule has 2 aromatic rings. The number of benzene rings is 2. The Morgan fingerprint density at radius 1 is 1.11 bits per heavy atom. The van der Waals surface area contributed by atoms with Crippen molar-refractivity contribution in [3.05, 3.63) is 62.7 Å². The Bertz CT molecular complexity index is 1120. The second kappa shape index (κ2) is 11.1. The third kappa shape index (κ3) is 7.08. The van der Waals surface area contributed by atoms with E-state index in [9.17, 15) is 19.7 Å². The highest BCUT2D eigenvalue weighted by molar-refractivity contribution is 6.33. The van der Waals surface area contributed by atoms with Crippen molar-refractivity contribution in [2.45, 2.75) is 32.9 Å². The van der Waals surface area contributed by atoms with Crippen molar-refractivity contribution in [3.63, 3.8) is 0 Å². The molecular weight excluding hydrogens is 486 g/mol. The first kappa shape index (κ1) is 27.2. The molecule has 1 heterocycles. The molecule has 1 aliphatic rings. The van der Waals surface area contributed by atoms with Crippen LogP contribution in [0.25, 0.3) is 0 Å². The lowest BCUT2D eigenvalue weighted by Crippen LogP contribution is -2.50. The third-order valence-corrected chi connectivity index (χ3v) is 5.80. The van der Waals surface area contributed by atoms with Gasteiger partial charge in [0.15, 0.2) is 0 Å². The van der Waals surface area contributed by atoms with E-state index in [1.54, 1.807) is 17.0 Å². The van der Waals surface area contributed by atoms with E-state index in [2.05, 4.69) is 5.32 Å². The largest absolute Gasteiger partial charge is 0.444 e. The van der Waals surface area contributed by atoms with Crippen LogP contribution in [-0.4, -0.2) is 72.6 Å². The molecule has 2 amide bonds. The highest BCUT2D eigenvalue weighted by atomic mass is 35.5. The minimum absolute atomic E-state index is 0.0522. The number of nitro groups is 1. The number of nitrogens with zero attached hydrogens (tertiary/aromatic N) is 4. The number of carbonyl (C=O) groups excluding carboxylic acids is 2. The number of hydrogen-bond donors (Lipinski definition) is 1. The molecule has 1 saturated heterocycles. The normalized spacial score (nSPS) is 14.1. The molecule has 194 valence electrons. The van der Waals surface area contributed by atoms with Crippen LogP contribution in [0.4, 0.5) is 21.9 Å². The van der Waals surface area contributed by atoms with E-state index in [0.717, 1.165) is 12.1 Å². The molecule has 1 N–H and O–H groups in total. The van der Waals surface area contributed by atoms with Crippen molar-refractivity contribution < 1.29 is 19.2 Å². The molecular formula is C25H32ClN5O5. The average Bonchev–Trinajstić information content (AvgIpc) is 2.79. The van der Waals surface area contributed by atoms with Gasteiger partial charge in [-0.05, 0) is 58.6 Å². The van der Waals surface area contributed by atoms with Crippen molar-refractivity contribution in [3.8, 4) is 0 Å². The highest BCUT2D eigenvalue weighted by Crippen LogP contribution is 2.37. The Morgan fingerprint density at radius 2 is 1.72 bits per heavy atom. The van der Waals surface area contributed by atoms with Gasteiger partial charge in [-0.25, -0.2) is 4.79 Å². The van der Waals surface area contributed by atoms with Crippen molar-refractivity contribution in [1.29, 1.82) is 0 Å². The Kier molecular flexibility index (Phi) is 8.42. The Balaban J connectivity index is 1.77. The van der Waals surface area contributed by atoms with Gasteiger partial charge in [-0.1, -0.05) is 23.7 Å². The maximum atomic E-state index is 12.9. The van der Waals surface area contributed by atoms with E-state index in [4.69, 9.17) is 16.3 Å². The fraction of sp³-hybridized carbons (Fsp3) is 0.440. The van der Waals surface area contributed by atoms with E-state index < -0.39 is 16.4 Å². The first-order valence-corrected chi connectivity index (χ1v) is 12.0. The number of anilines is 2. The van der Waals surface area contributed by atoms with Gasteiger partial charge in [0.05, 0.1) is 15.6 Å². The summed E-state index contributed by atoms with van der Waals surface area (Å²) in [7, 11) is 3.91. The molecule has 3 rings (SSSR count). The van der Waals surface area contributed by atoms with Gasteiger partial charge in [0.2, 0.25) is 0 Å². The fourth-order valence-electron chi connectivity index (χ4n) is 3.82. The highest BCUT2D eigenvalue weighted by Gasteiger charge is 2.28. The zero-order valence-electron chi connectivity index (χ0n) is 21.2. The van der Waals surface area contributed by atoms with Crippen LogP contribution in [-0.2, 0) is 11.3 Å². The van der Waals surface area contributed by atoms with Crippen LogP contribution in [0, 0.1) is 10.1 Å². The molecule has 0 radical (unpaired) electrons. The summed E-state index contributed by atoms with van der Waals surface area (Å²) in [6.07, 6.45) is -0.388. The van der Waals surface area contributed by atoms with Gasteiger partial charge in [-0.2, -0.15) is 0 Å². The van der Waals surface area contributed by atoms with Crippen molar-refractivity contribution in [2.75, 3.05) is 50.5 Å². The van der Waals surface area contributed by atoms with Gasteiger partial charge >= 0.3 is 6.09 Å². The predicted octanol–water partition coefficient (Wildman–Crippen LogP) is 4.62. The summed E-state index contributed by atoms with van der Waals surface area (Å²) >= 11 is 6.41. The average molecular weight is 518 g/mol. The van der Waals surface area contributed by atoms with Crippen molar-refractivity contribution >= 4 is 40.7 Å². The standard InChI is InChI=1S/C25H32ClN5O5/c1-25(2,3)36-24(33)30-12-10-29(11-13-30)21-15-20(22(31(34)35)14-19(21)26)27-23(32)18-8-6-17(7-9-18)16-28(4)5/h6-9,14-15H,10-13,16H2,1-5H3,(H,27,32). The van der Waals surface area contributed by atoms with Crippen LogP contribution >= 0.6 is 11.6 Å². The number of carbonyl (C=O) groups is 2. The molecule has 0 spiro atoms. The molecule has 0 aliphatic carbocycles. The zero-order valence-corrected chi connectivity index (χ0v) is 22.0. The molecule has 10 nitrogen and oxygen atoms in total. The van der Waals surface area contributed by atoms with E-state index in [0.29, 0.717) is 37.4 Å². The van der Waals surface area contributed by atoms with Crippen LogP contribution in [0.15, 0.2) is 36.4 Å². The van der Waals surface area contributed by atoms with Gasteiger partial charge in [0.1, 0.15) is 11.3 Å². The number of nitrogens with one attached hydrogen (secondary N) is 1. The SMILES string of the molecule is CN(C)Cc1ccc(C(=O)Nc2cc(N3CCN(C(=O)OC(C)(C)C)CC3)c(Cl)cc2[N+](=O)[O-])cc1. The number of hydrogen-bond acceptors (Lipinski definition) is 7. The van der Waals surface area contributed by atoms with Gasteiger partial charge in [0, 0.05) is 44.4 Å². The second-order valence-electron chi connectivity index (χ2n) is 9.92. The number of piperazine rings is 1. The minimum atomic E-state index is -0.588. The summed E-state index contributed by atoms with van der Waals surface area (Å²) in [5.41, 5.74) is 1.14. The van der Waals surface area contributed by atoms with Gasteiger partial charge in [-0.15, -0.1) is 0 Å². The molecule has 2 aromatic carbocycles. The van der Waals surface area contributed by atoms with E-state index in [1.807, 2.05) is 56.8 Å². The van der Waals surface area contributed by atoms with Crippen LogP contribution in [0.1, 0.15) is 36.7 Å². The van der Waals surface area contributed by atoms with Crippen molar-refractivity contribution in [2.24, 2.45) is 0 Å². The minimum Gasteiger partial charge on any atom is -0.444 e. The molecule has 0 aromatic heterocycles. The smallest absolute Gasteiger partial charge is 0.410 e. The summed E-state index contributed by atoms with van der Waals surface area (Å²) < 4.78 is 5.43. The van der Waals surface area contributed by atoms with Gasteiger partial charge in [-0.3, -0.25) is 14.9 Å². The van der Waals surface area contributed by atoms with Crippen LogP contribution in [0.2, 0.25) is 5.02 Å². The molecule has 0 atom stereocenters.